The quantitative estimate of drug-likeness (QED) is 0.920. The van der Waals surface area contributed by atoms with Crippen LogP contribution in [0.3, 0.4) is 0 Å². The third-order valence-corrected chi connectivity index (χ3v) is 6.16. The zero-order valence-electron chi connectivity index (χ0n) is 12.6. The Hall–Kier alpha value is -0.900. The second-order valence-electron chi connectivity index (χ2n) is 7.89. The fourth-order valence-electron chi connectivity index (χ4n) is 5.21. The van der Waals surface area contributed by atoms with Crippen LogP contribution < -0.4 is 5.73 Å². The van der Waals surface area contributed by atoms with E-state index in [0.717, 1.165) is 30.0 Å². The normalized spacial score (nSPS) is 41.9. The van der Waals surface area contributed by atoms with Crippen LogP contribution in [0.1, 0.15) is 70.5 Å². The molecule has 0 spiro atoms. The monoisotopic (exact) mass is 275 g/mol. The van der Waals surface area contributed by atoms with Crippen LogP contribution >= 0.6 is 0 Å². The van der Waals surface area contributed by atoms with Crippen molar-refractivity contribution in [3.63, 3.8) is 0 Å². The first-order valence-corrected chi connectivity index (χ1v) is 8.14. The number of aromatic nitrogens is 2. The molecule has 4 nitrogen and oxygen atoms in total. The molecule has 110 valence electrons. The minimum absolute atomic E-state index is 0.209. The van der Waals surface area contributed by atoms with E-state index in [4.69, 9.17) is 15.2 Å². The van der Waals surface area contributed by atoms with E-state index in [0.29, 0.717) is 5.89 Å². The summed E-state index contributed by atoms with van der Waals surface area (Å²) in [6.45, 7) is 4.04. The molecule has 0 aromatic carbocycles. The third kappa shape index (κ3) is 1.77. The first kappa shape index (κ1) is 12.8. The van der Waals surface area contributed by atoms with Crippen molar-refractivity contribution < 1.29 is 4.52 Å². The van der Waals surface area contributed by atoms with Crippen LogP contribution in [0.4, 0.5) is 0 Å². The molecule has 0 aliphatic heterocycles. The van der Waals surface area contributed by atoms with E-state index in [1.165, 1.54) is 38.5 Å². The Kier molecular flexibility index (Phi) is 2.60. The van der Waals surface area contributed by atoms with E-state index in [-0.39, 0.29) is 5.41 Å². The summed E-state index contributed by atoms with van der Waals surface area (Å²) in [5.74, 6) is 4.28. The first-order valence-electron chi connectivity index (χ1n) is 8.14. The summed E-state index contributed by atoms with van der Waals surface area (Å²) in [7, 11) is 0. The van der Waals surface area contributed by atoms with Crippen molar-refractivity contribution in [1.29, 1.82) is 0 Å². The molecule has 4 aliphatic rings. The van der Waals surface area contributed by atoms with Crippen LogP contribution in [-0.2, 0) is 11.0 Å². The van der Waals surface area contributed by atoms with Gasteiger partial charge in [-0.2, -0.15) is 4.98 Å². The molecule has 4 fully saturated rings. The van der Waals surface area contributed by atoms with Gasteiger partial charge in [0.25, 0.3) is 0 Å². The Morgan fingerprint density at radius 1 is 1.20 bits per heavy atom. The summed E-state index contributed by atoms with van der Waals surface area (Å²) in [4.78, 5) is 4.74. The molecule has 1 aromatic heterocycles. The molecule has 1 atom stereocenters. The molecule has 4 aliphatic carbocycles. The summed E-state index contributed by atoms with van der Waals surface area (Å²) >= 11 is 0. The Bertz CT molecular complexity index is 484. The van der Waals surface area contributed by atoms with Gasteiger partial charge >= 0.3 is 0 Å². The molecule has 0 radical (unpaired) electrons. The van der Waals surface area contributed by atoms with Gasteiger partial charge in [0.1, 0.15) is 0 Å². The summed E-state index contributed by atoms with van der Waals surface area (Å²) in [6.07, 6.45) is 8.94. The molecule has 1 aromatic rings. The third-order valence-electron chi connectivity index (χ3n) is 6.16. The molecule has 0 amide bonds. The fraction of sp³-hybridized carbons (Fsp3) is 0.875. The van der Waals surface area contributed by atoms with E-state index in [1.807, 2.05) is 6.92 Å². The van der Waals surface area contributed by atoms with Crippen molar-refractivity contribution in [2.75, 3.05) is 0 Å². The van der Waals surface area contributed by atoms with Crippen molar-refractivity contribution in [2.24, 2.45) is 23.5 Å². The summed E-state index contributed by atoms with van der Waals surface area (Å²) in [5.41, 5.74) is 5.96. The second-order valence-corrected chi connectivity index (χ2v) is 7.89. The molecular weight excluding hydrogens is 250 g/mol. The van der Waals surface area contributed by atoms with E-state index in [9.17, 15) is 0 Å². The summed E-state index contributed by atoms with van der Waals surface area (Å²) in [6, 6.07) is 0. The highest BCUT2D eigenvalue weighted by Crippen LogP contribution is 2.60. The van der Waals surface area contributed by atoms with Gasteiger partial charge < -0.3 is 10.3 Å². The van der Waals surface area contributed by atoms with Gasteiger partial charge in [-0.05, 0) is 69.6 Å². The molecule has 4 saturated carbocycles. The molecule has 2 N–H and O–H groups in total. The first-order chi connectivity index (χ1) is 9.51. The van der Waals surface area contributed by atoms with Crippen molar-refractivity contribution in [1.82, 2.24) is 10.1 Å². The van der Waals surface area contributed by atoms with Gasteiger partial charge in [0.15, 0.2) is 5.82 Å². The fourth-order valence-corrected chi connectivity index (χ4v) is 5.21. The highest BCUT2D eigenvalue weighted by molar-refractivity contribution is 5.17. The Morgan fingerprint density at radius 3 is 2.25 bits per heavy atom. The number of hydrogen-bond donors (Lipinski definition) is 1. The summed E-state index contributed by atoms with van der Waals surface area (Å²) < 4.78 is 5.52. The second kappa shape index (κ2) is 4.06. The van der Waals surface area contributed by atoms with Crippen LogP contribution in [0.15, 0.2) is 4.52 Å². The maximum atomic E-state index is 6.25. The summed E-state index contributed by atoms with van der Waals surface area (Å²) in [5, 5.41) is 4.35. The maximum absolute atomic E-state index is 6.25. The number of nitrogens with two attached hydrogens (primary N) is 1. The Balaban J connectivity index is 1.68. The average Bonchev–Trinajstić information content (AvgIpc) is 2.88. The topological polar surface area (TPSA) is 64.9 Å². The van der Waals surface area contributed by atoms with Gasteiger partial charge in [-0.25, -0.2) is 0 Å². The number of rotatable bonds is 3. The molecule has 4 bridgehead atoms. The zero-order valence-corrected chi connectivity index (χ0v) is 12.6. The lowest BCUT2D eigenvalue weighted by Crippen LogP contribution is -2.49. The van der Waals surface area contributed by atoms with E-state index in [2.05, 4.69) is 12.1 Å². The van der Waals surface area contributed by atoms with Gasteiger partial charge in [0.05, 0.1) is 5.54 Å². The van der Waals surface area contributed by atoms with Crippen LogP contribution in [0.25, 0.3) is 0 Å². The minimum Gasteiger partial charge on any atom is -0.337 e. The van der Waals surface area contributed by atoms with Crippen molar-refractivity contribution in [2.45, 2.75) is 69.7 Å². The van der Waals surface area contributed by atoms with Gasteiger partial charge in [-0.3, -0.25) is 0 Å². The maximum Gasteiger partial charge on any atom is 0.246 e. The highest BCUT2D eigenvalue weighted by Gasteiger charge is 2.54. The smallest absolute Gasteiger partial charge is 0.246 e. The minimum atomic E-state index is -0.493. The Labute approximate surface area is 120 Å². The van der Waals surface area contributed by atoms with Crippen LogP contribution in [0, 0.1) is 17.8 Å². The average molecular weight is 275 g/mol. The SMILES string of the molecule is CCC(C)(N)c1nc(C23CC4CC(CC(C4)C2)C3)no1. The molecule has 1 unspecified atom stereocenters. The van der Waals surface area contributed by atoms with Crippen molar-refractivity contribution >= 4 is 0 Å². The van der Waals surface area contributed by atoms with Crippen molar-refractivity contribution in [3.05, 3.63) is 11.7 Å². The molecule has 1 heterocycles. The predicted octanol–water partition coefficient (Wildman–Crippen LogP) is 3.12. The van der Waals surface area contributed by atoms with Gasteiger partial charge in [-0.1, -0.05) is 12.1 Å². The highest BCUT2D eigenvalue weighted by atomic mass is 16.5. The van der Waals surface area contributed by atoms with E-state index >= 15 is 0 Å². The van der Waals surface area contributed by atoms with Gasteiger partial charge in [0.2, 0.25) is 5.89 Å². The molecule has 0 saturated heterocycles. The van der Waals surface area contributed by atoms with E-state index < -0.39 is 5.54 Å². The molecule has 20 heavy (non-hydrogen) atoms. The van der Waals surface area contributed by atoms with E-state index in [1.54, 1.807) is 0 Å². The van der Waals surface area contributed by atoms with Crippen LogP contribution in [-0.4, -0.2) is 10.1 Å². The standard InChI is InChI=1S/C16H25N3O/c1-3-15(2,17)14-18-13(19-20-14)16-7-10-4-11(8-16)6-12(5-10)9-16/h10-12H,3-9,17H2,1-2H3. The van der Waals surface area contributed by atoms with Gasteiger partial charge in [0, 0.05) is 5.41 Å². The lowest BCUT2D eigenvalue weighted by Gasteiger charge is -2.55. The lowest BCUT2D eigenvalue weighted by atomic mass is 9.49. The molecule has 5 rings (SSSR count). The predicted molar refractivity (Wildman–Crippen MR) is 76.0 cm³/mol. The number of nitrogens with zero attached hydrogens (tertiary/aromatic N) is 2. The van der Waals surface area contributed by atoms with Gasteiger partial charge in [-0.15, -0.1) is 0 Å². The van der Waals surface area contributed by atoms with Crippen LogP contribution in [0.2, 0.25) is 0 Å². The Morgan fingerprint density at radius 2 is 1.75 bits per heavy atom. The zero-order chi connectivity index (χ0) is 14.0. The molecular formula is C16H25N3O. The molecule has 4 heteroatoms. The number of hydrogen-bond acceptors (Lipinski definition) is 4. The lowest BCUT2D eigenvalue weighted by molar-refractivity contribution is -0.0103. The largest absolute Gasteiger partial charge is 0.337 e. The van der Waals surface area contributed by atoms with Crippen LogP contribution in [0.5, 0.6) is 0 Å². The van der Waals surface area contributed by atoms with Crippen molar-refractivity contribution in [3.8, 4) is 0 Å².